The standard InChI is InChI=1S/C16H24FN3/c1-4-5-10-20(3)16(18-2)19-15-11-13(15)12-8-6-7-9-14(12)17/h6-9,13,15H,4-5,10-11H2,1-3H3,(H,18,19). The highest BCUT2D eigenvalue weighted by Gasteiger charge is 2.40. The van der Waals surface area contributed by atoms with Gasteiger partial charge >= 0.3 is 0 Å². The molecular weight excluding hydrogens is 253 g/mol. The van der Waals surface area contributed by atoms with E-state index in [9.17, 15) is 4.39 Å². The van der Waals surface area contributed by atoms with Gasteiger partial charge in [0.25, 0.3) is 0 Å². The molecule has 4 heteroatoms. The smallest absolute Gasteiger partial charge is 0.193 e. The van der Waals surface area contributed by atoms with Crippen molar-refractivity contribution < 1.29 is 4.39 Å². The fourth-order valence-corrected chi connectivity index (χ4v) is 2.49. The molecule has 3 nitrogen and oxygen atoms in total. The number of unbranched alkanes of at least 4 members (excludes halogenated alkanes) is 1. The van der Waals surface area contributed by atoms with E-state index in [1.54, 1.807) is 13.1 Å². The van der Waals surface area contributed by atoms with Crippen molar-refractivity contribution in [3.63, 3.8) is 0 Å². The van der Waals surface area contributed by atoms with Gasteiger partial charge in [-0.15, -0.1) is 0 Å². The van der Waals surface area contributed by atoms with Crippen molar-refractivity contribution in [3.05, 3.63) is 35.6 Å². The van der Waals surface area contributed by atoms with Crippen LogP contribution in [0.4, 0.5) is 4.39 Å². The maximum atomic E-state index is 13.7. The minimum Gasteiger partial charge on any atom is -0.353 e. The minimum atomic E-state index is -0.101. The Hall–Kier alpha value is -1.58. The summed E-state index contributed by atoms with van der Waals surface area (Å²) >= 11 is 0. The van der Waals surface area contributed by atoms with Crippen molar-refractivity contribution in [2.75, 3.05) is 20.6 Å². The third-order valence-electron chi connectivity index (χ3n) is 3.83. The van der Waals surface area contributed by atoms with Crippen LogP contribution in [0.25, 0.3) is 0 Å². The fourth-order valence-electron chi connectivity index (χ4n) is 2.49. The van der Waals surface area contributed by atoms with E-state index < -0.39 is 0 Å². The summed E-state index contributed by atoms with van der Waals surface area (Å²) < 4.78 is 13.7. The summed E-state index contributed by atoms with van der Waals surface area (Å²) in [6.45, 7) is 3.17. The van der Waals surface area contributed by atoms with E-state index in [1.807, 2.05) is 19.2 Å². The Bertz CT molecular complexity index is 473. The molecule has 0 spiro atoms. The van der Waals surface area contributed by atoms with Gasteiger partial charge in [0.2, 0.25) is 0 Å². The number of nitrogens with one attached hydrogen (secondary N) is 1. The summed E-state index contributed by atoms with van der Waals surface area (Å²) in [6.07, 6.45) is 3.29. The molecule has 1 aromatic rings. The highest BCUT2D eigenvalue weighted by Crippen LogP contribution is 2.41. The average molecular weight is 277 g/mol. The van der Waals surface area contributed by atoms with E-state index in [0.717, 1.165) is 30.9 Å². The van der Waals surface area contributed by atoms with Gasteiger partial charge in [-0.05, 0) is 24.5 Å². The zero-order valence-electron chi connectivity index (χ0n) is 12.6. The van der Waals surface area contributed by atoms with E-state index in [-0.39, 0.29) is 11.7 Å². The van der Waals surface area contributed by atoms with Gasteiger partial charge in [-0.25, -0.2) is 4.39 Å². The normalized spacial score (nSPS) is 21.7. The summed E-state index contributed by atoms with van der Waals surface area (Å²) in [5, 5.41) is 3.43. The van der Waals surface area contributed by atoms with Crippen molar-refractivity contribution in [2.45, 2.75) is 38.1 Å². The van der Waals surface area contributed by atoms with Crippen LogP contribution in [0.3, 0.4) is 0 Å². The first-order chi connectivity index (χ1) is 9.67. The lowest BCUT2D eigenvalue weighted by Crippen LogP contribution is -2.40. The Labute approximate surface area is 120 Å². The molecule has 1 aliphatic carbocycles. The lowest BCUT2D eigenvalue weighted by atomic mass is 10.1. The summed E-state index contributed by atoms with van der Waals surface area (Å²) in [7, 11) is 3.84. The number of halogens is 1. The second-order valence-electron chi connectivity index (χ2n) is 5.44. The van der Waals surface area contributed by atoms with Gasteiger partial charge < -0.3 is 10.2 Å². The second-order valence-corrected chi connectivity index (χ2v) is 5.44. The Morgan fingerprint density at radius 2 is 2.20 bits per heavy atom. The molecule has 0 bridgehead atoms. The Kier molecular flexibility index (Phi) is 4.99. The molecule has 0 radical (unpaired) electrons. The zero-order valence-corrected chi connectivity index (χ0v) is 12.6. The van der Waals surface area contributed by atoms with Crippen molar-refractivity contribution in [2.24, 2.45) is 4.99 Å². The number of guanidine groups is 1. The van der Waals surface area contributed by atoms with Crippen LogP contribution in [0.2, 0.25) is 0 Å². The van der Waals surface area contributed by atoms with Crippen LogP contribution in [0.1, 0.15) is 37.7 Å². The number of hydrogen-bond donors (Lipinski definition) is 1. The molecule has 0 aliphatic heterocycles. The molecule has 2 unspecified atom stereocenters. The molecule has 1 aromatic carbocycles. The SMILES string of the molecule is CCCCN(C)C(=NC)NC1CC1c1ccccc1F. The number of nitrogens with zero attached hydrogens (tertiary/aromatic N) is 2. The average Bonchev–Trinajstić information content (AvgIpc) is 3.21. The number of aliphatic imine (C=N–C) groups is 1. The molecule has 20 heavy (non-hydrogen) atoms. The van der Waals surface area contributed by atoms with Crippen LogP contribution in [-0.4, -0.2) is 37.5 Å². The lowest BCUT2D eigenvalue weighted by Gasteiger charge is -2.22. The molecule has 2 rings (SSSR count). The maximum absolute atomic E-state index is 13.7. The van der Waals surface area contributed by atoms with Crippen molar-refractivity contribution in [1.82, 2.24) is 10.2 Å². The molecule has 1 aliphatic rings. The third kappa shape index (κ3) is 3.50. The van der Waals surface area contributed by atoms with Gasteiger partial charge in [-0.1, -0.05) is 31.5 Å². The molecular formula is C16H24FN3. The first-order valence-corrected chi connectivity index (χ1v) is 7.36. The summed E-state index contributed by atoms with van der Waals surface area (Å²) in [4.78, 5) is 6.45. The Morgan fingerprint density at radius 1 is 1.45 bits per heavy atom. The number of rotatable bonds is 5. The molecule has 0 amide bonds. The lowest BCUT2D eigenvalue weighted by molar-refractivity contribution is 0.463. The van der Waals surface area contributed by atoms with Crippen molar-refractivity contribution >= 4 is 5.96 Å². The zero-order chi connectivity index (χ0) is 14.5. The summed E-state index contributed by atoms with van der Waals surface area (Å²) in [6, 6.07) is 7.35. The molecule has 1 fully saturated rings. The van der Waals surface area contributed by atoms with Gasteiger partial charge in [0.1, 0.15) is 5.82 Å². The maximum Gasteiger partial charge on any atom is 0.193 e. The summed E-state index contributed by atoms with van der Waals surface area (Å²) in [5.41, 5.74) is 0.816. The Morgan fingerprint density at radius 3 is 2.85 bits per heavy atom. The van der Waals surface area contributed by atoms with Crippen LogP contribution in [-0.2, 0) is 0 Å². The second kappa shape index (κ2) is 6.73. The minimum absolute atomic E-state index is 0.101. The van der Waals surface area contributed by atoms with Crippen LogP contribution in [0, 0.1) is 5.82 Å². The van der Waals surface area contributed by atoms with Gasteiger partial charge in [-0.2, -0.15) is 0 Å². The predicted molar refractivity (Wildman–Crippen MR) is 81.6 cm³/mol. The molecule has 110 valence electrons. The van der Waals surface area contributed by atoms with E-state index in [4.69, 9.17) is 0 Å². The van der Waals surface area contributed by atoms with Crippen molar-refractivity contribution in [3.8, 4) is 0 Å². The molecule has 1 saturated carbocycles. The largest absolute Gasteiger partial charge is 0.353 e. The van der Waals surface area contributed by atoms with Crippen molar-refractivity contribution in [1.29, 1.82) is 0 Å². The number of hydrogen-bond acceptors (Lipinski definition) is 1. The molecule has 0 aromatic heterocycles. The van der Waals surface area contributed by atoms with E-state index in [1.165, 1.54) is 12.5 Å². The highest BCUT2D eigenvalue weighted by atomic mass is 19.1. The predicted octanol–water partition coefficient (Wildman–Crippen LogP) is 2.99. The summed E-state index contributed by atoms with van der Waals surface area (Å²) in [5.74, 6) is 1.07. The number of benzene rings is 1. The van der Waals surface area contributed by atoms with E-state index >= 15 is 0 Å². The van der Waals surface area contributed by atoms with Gasteiger partial charge in [-0.3, -0.25) is 4.99 Å². The van der Waals surface area contributed by atoms with Gasteiger partial charge in [0.15, 0.2) is 5.96 Å². The molecule has 0 saturated heterocycles. The topological polar surface area (TPSA) is 27.6 Å². The van der Waals surface area contributed by atoms with E-state index in [2.05, 4.69) is 22.1 Å². The van der Waals surface area contributed by atoms with E-state index in [0.29, 0.717) is 6.04 Å². The van der Waals surface area contributed by atoms with Gasteiger partial charge in [0, 0.05) is 32.6 Å². The first-order valence-electron chi connectivity index (χ1n) is 7.36. The molecule has 0 heterocycles. The van der Waals surface area contributed by atoms with Crippen LogP contribution in [0.5, 0.6) is 0 Å². The van der Waals surface area contributed by atoms with Crippen LogP contribution >= 0.6 is 0 Å². The quantitative estimate of drug-likeness (QED) is 0.662. The molecule has 1 N–H and O–H groups in total. The Balaban J connectivity index is 1.91. The third-order valence-corrected chi connectivity index (χ3v) is 3.83. The fraction of sp³-hybridized carbons (Fsp3) is 0.562. The highest BCUT2D eigenvalue weighted by molar-refractivity contribution is 5.80. The van der Waals surface area contributed by atoms with Gasteiger partial charge in [0.05, 0.1) is 0 Å². The van der Waals surface area contributed by atoms with Crippen LogP contribution in [0.15, 0.2) is 29.3 Å². The monoisotopic (exact) mass is 277 g/mol. The first kappa shape index (κ1) is 14.8. The van der Waals surface area contributed by atoms with Crippen LogP contribution < -0.4 is 5.32 Å². The molecule has 2 atom stereocenters.